The summed E-state index contributed by atoms with van der Waals surface area (Å²) >= 11 is 0. The first-order chi connectivity index (χ1) is 7.26. The molecule has 1 N–H and O–H groups in total. The van der Waals surface area contributed by atoms with Gasteiger partial charge in [-0.05, 0) is 0 Å². The Hall–Kier alpha value is 0.0169. The third kappa shape index (κ3) is 3.82. The zero-order valence-corrected chi connectivity index (χ0v) is 10.9. The molecule has 90 valence electrons. The van der Waals surface area contributed by atoms with Gasteiger partial charge >= 0.3 is 8.80 Å². The van der Waals surface area contributed by atoms with Gasteiger partial charge in [0.1, 0.15) is 0 Å². The second kappa shape index (κ2) is 6.57. The molecule has 0 atom stereocenters. The van der Waals surface area contributed by atoms with Crippen LogP contribution in [0.1, 0.15) is 0 Å². The minimum Gasteiger partial charge on any atom is -0.377 e. The van der Waals surface area contributed by atoms with E-state index in [1.165, 1.54) is 0 Å². The predicted octanol–water partition coefficient (Wildman–Crippen LogP) is -0.230. The summed E-state index contributed by atoms with van der Waals surface area (Å²) in [5.41, 5.74) is 0. The highest BCUT2D eigenvalue weighted by Gasteiger charge is 2.37. The molecule has 0 aromatic rings. The van der Waals surface area contributed by atoms with Crippen LogP contribution in [0.2, 0.25) is 6.04 Å². The Morgan fingerprint density at radius 3 is 2.07 bits per heavy atom. The molecule has 6 heteroatoms. The molecule has 1 fully saturated rings. The Morgan fingerprint density at radius 1 is 1.07 bits per heavy atom. The van der Waals surface area contributed by atoms with Gasteiger partial charge in [-0.2, -0.15) is 0 Å². The summed E-state index contributed by atoms with van der Waals surface area (Å²) in [6.07, 6.45) is 0. The first-order valence-corrected chi connectivity index (χ1v) is 7.28. The molecule has 0 aliphatic carbocycles. The van der Waals surface area contributed by atoms with Gasteiger partial charge in [0.15, 0.2) is 0 Å². The third-order valence-corrected chi connectivity index (χ3v) is 5.58. The van der Waals surface area contributed by atoms with Crippen molar-refractivity contribution in [1.82, 2.24) is 10.2 Å². The zero-order chi connectivity index (χ0) is 11.1. The van der Waals surface area contributed by atoms with Crippen LogP contribution in [0.15, 0.2) is 0 Å². The van der Waals surface area contributed by atoms with E-state index in [9.17, 15) is 0 Å². The molecule has 0 aromatic carbocycles. The van der Waals surface area contributed by atoms with Crippen molar-refractivity contribution < 1.29 is 13.3 Å². The van der Waals surface area contributed by atoms with E-state index < -0.39 is 8.80 Å². The highest BCUT2D eigenvalue weighted by molar-refractivity contribution is 6.60. The Labute approximate surface area is 93.1 Å². The van der Waals surface area contributed by atoms with Crippen LogP contribution in [0.25, 0.3) is 0 Å². The fourth-order valence-electron chi connectivity index (χ4n) is 1.79. The van der Waals surface area contributed by atoms with Crippen LogP contribution in [-0.2, 0) is 13.3 Å². The fourth-order valence-corrected chi connectivity index (χ4v) is 3.49. The largest absolute Gasteiger partial charge is 0.501 e. The van der Waals surface area contributed by atoms with Gasteiger partial charge in [0, 0.05) is 60.1 Å². The second-order valence-corrected chi connectivity index (χ2v) is 6.73. The van der Waals surface area contributed by atoms with Gasteiger partial charge in [-0.1, -0.05) is 0 Å². The van der Waals surface area contributed by atoms with Crippen LogP contribution < -0.4 is 5.32 Å². The van der Waals surface area contributed by atoms with E-state index in [2.05, 4.69) is 10.2 Å². The maximum Gasteiger partial charge on any atom is 0.501 e. The minimum absolute atomic E-state index is 0.858. The lowest BCUT2D eigenvalue weighted by Gasteiger charge is -2.30. The van der Waals surface area contributed by atoms with Gasteiger partial charge in [0.25, 0.3) is 0 Å². The van der Waals surface area contributed by atoms with Crippen LogP contribution in [-0.4, -0.2) is 67.8 Å². The molecular formula is C9H22N2O3Si. The van der Waals surface area contributed by atoms with Crippen molar-refractivity contribution in [1.29, 1.82) is 0 Å². The standard InChI is InChI=1S/C9H22N2O3Si/c1-12-15(13-2,14-3)9-8-11-6-4-10-5-7-11/h10H,4-9H2,1-3H3. The van der Waals surface area contributed by atoms with Gasteiger partial charge < -0.3 is 23.5 Å². The summed E-state index contributed by atoms with van der Waals surface area (Å²) in [4.78, 5) is 2.41. The van der Waals surface area contributed by atoms with Crippen LogP contribution in [0, 0.1) is 0 Å². The quantitative estimate of drug-likeness (QED) is 0.643. The summed E-state index contributed by atoms with van der Waals surface area (Å²) in [7, 11) is 2.63. The number of hydrogen-bond acceptors (Lipinski definition) is 5. The van der Waals surface area contributed by atoms with Crippen molar-refractivity contribution in [2.24, 2.45) is 0 Å². The van der Waals surface area contributed by atoms with Crippen molar-refractivity contribution in [2.75, 3.05) is 54.1 Å². The molecule has 1 heterocycles. The lowest BCUT2D eigenvalue weighted by molar-refractivity contribution is 0.117. The van der Waals surface area contributed by atoms with Crippen molar-refractivity contribution in [3.05, 3.63) is 0 Å². The molecule has 1 aliphatic heterocycles. The molecule has 0 aromatic heterocycles. The fraction of sp³-hybridized carbons (Fsp3) is 1.00. The number of piperazine rings is 1. The minimum atomic E-state index is -2.36. The van der Waals surface area contributed by atoms with Crippen molar-refractivity contribution in [3.63, 3.8) is 0 Å². The van der Waals surface area contributed by atoms with Crippen LogP contribution >= 0.6 is 0 Å². The number of nitrogens with one attached hydrogen (secondary N) is 1. The Morgan fingerprint density at radius 2 is 1.60 bits per heavy atom. The van der Waals surface area contributed by atoms with Gasteiger partial charge in [0.05, 0.1) is 0 Å². The molecule has 5 nitrogen and oxygen atoms in total. The molecule has 0 radical (unpaired) electrons. The summed E-state index contributed by atoms with van der Waals surface area (Å²) < 4.78 is 16.1. The van der Waals surface area contributed by atoms with E-state index in [-0.39, 0.29) is 0 Å². The monoisotopic (exact) mass is 234 g/mol. The zero-order valence-electron chi connectivity index (χ0n) is 9.91. The first-order valence-electron chi connectivity index (χ1n) is 5.35. The van der Waals surface area contributed by atoms with Crippen LogP contribution in [0.4, 0.5) is 0 Å². The highest BCUT2D eigenvalue weighted by Crippen LogP contribution is 2.13. The number of nitrogens with zero attached hydrogens (tertiary/aromatic N) is 1. The van der Waals surface area contributed by atoms with Crippen molar-refractivity contribution in [2.45, 2.75) is 6.04 Å². The topological polar surface area (TPSA) is 43.0 Å². The number of hydrogen-bond donors (Lipinski definition) is 1. The predicted molar refractivity (Wildman–Crippen MR) is 60.9 cm³/mol. The molecule has 0 bridgehead atoms. The van der Waals surface area contributed by atoms with E-state index in [1.807, 2.05) is 0 Å². The Kier molecular flexibility index (Phi) is 5.73. The lowest BCUT2D eigenvalue weighted by Crippen LogP contribution is -2.49. The lowest BCUT2D eigenvalue weighted by atomic mass is 10.4. The maximum absolute atomic E-state index is 5.38. The molecule has 0 amide bonds. The third-order valence-electron chi connectivity index (χ3n) is 2.88. The SMILES string of the molecule is CO[Si](CCN1CCNCC1)(OC)OC. The molecule has 0 spiro atoms. The average molecular weight is 234 g/mol. The highest BCUT2D eigenvalue weighted by atomic mass is 28.4. The van der Waals surface area contributed by atoms with E-state index in [1.54, 1.807) is 21.3 Å². The molecule has 1 aliphatic rings. The molecular weight excluding hydrogens is 212 g/mol. The van der Waals surface area contributed by atoms with Crippen molar-refractivity contribution >= 4 is 8.80 Å². The smallest absolute Gasteiger partial charge is 0.377 e. The normalized spacial score (nSPS) is 19.4. The average Bonchev–Trinajstić information content (AvgIpc) is 2.33. The van der Waals surface area contributed by atoms with E-state index in [4.69, 9.17) is 13.3 Å². The van der Waals surface area contributed by atoms with Crippen molar-refractivity contribution in [3.8, 4) is 0 Å². The summed E-state index contributed by atoms with van der Waals surface area (Å²) in [5.74, 6) is 0. The molecule has 1 rings (SSSR count). The Bertz CT molecular complexity index is 164. The van der Waals surface area contributed by atoms with Gasteiger partial charge in [-0.15, -0.1) is 0 Å². The van der Waals surface area contributed by atoms with Gasteiger partial charge in [0.2, 0.25) is 0 Å². The number of rotatable bonds is 6. The molecule has 0 unspecified atom stereocenters. The summed E-state index contributed by atoms with van der Waals surface area (Å²) in [6.45, 7) is 5.33. The van der Waals surface area contributed by atoms with Crippen LogP contribution in [0.5, 0.6) is 0 Å². The molecule has 1 saturated heterocycles. The second-order valence-electron chi connectivity index (χ2n) is 3.64. The Balaban J connectivity index is 2.31. The summed E-state index contributed by atoms with van der Waals surface area (Å²) in [6, 6.07) is 0.858. The van der Waals surface area contributed by atoms with Gasteiger partial charge in [-0.25, -0.2) is 0 Å². The molecule has 15 heavy (non-hydrogen) atoms. The van der Waals surface area contributed by atoms with Crippen LogP contribution in [0.3, 0.4) is 0 Å². The van der Waals surface area contributed by atoms with Gasteiger partial charge in [-0.3, -0.25) is 0 Å². The van der Waals surface area contributed by atoms with E-state index in [0.29, 0.717) is 0 Å². The summed E-state index contributed by atoms with van der Waals surface area (Å²) in [5, 5.41) is 3.33. The first kappa shape index (κ1) is 13.1. The van der Waals surface area contributed by atoms with E-state index in [0.717, 1.165) is 38.8 Å². The molecule has 0 saturated carbocycles. The van der Waals surface area contributed by atoms with E-state index >= 15 is 0 Å². The maximum atomic E-state index is 5.38.